The second kappa shape index (κ2) is 9.74. The third-order valence-corrected chi connectivity index (χ3v) is 4.82. The number of anilines is 1. The Kier molecular flexibility index (Phi) is 7.66. The molecule has 1 fully saturated rings. The number of imidazole rings is 1. The molecule has 2 aromatic carbocycles. The highest BCUT2D eigenvalue weighted by Gasteiger charge is 2.15. The molecular weight excluding hydrogens is 383 g/mol. The lowest BCUT2D eigenvalue weighted by Crippen LogP contribution is -2.15. The Morgan fingerprint density at radius 1 is 1.15 bits per heavy atom. The van der Waals surface area contributed by atoms with Crippen molar-refractivity contribution in [2.45, 2.75) is 19.3 Å². The van der Waals surface area contributed by atoms with Gasteiger partial charge in [0, 0.05) is 17.8 Å². The maximum absolute atomic E-state index is 12.1. The van der Waals surface area contributed by atoms with Crippen LogP contribution in [0.4, 0.5) is 5.69 Å². The summed E-state index contributed by atoms with van der Waals surface area (Å²) in [5, 5.41) is 6.33. The number of aromatic nitrogens is 2. The first-order valence-corrected chi connectivity index (χ1v) is 8.83. The van der Waals surface area contributed by atoms with Gasteiger partial charge >= 0.3 is 0 Å². The Morgan fingerprint density at radius 3 is 2.67 bits per heavy atom. The Labute approximate surface area is 171 Å². The molecule has 5 nitrogen and oxygen atoms in total. The maximum Gasteiger partial charge on any atom is 0.224 e. The molecule has 0 spiro atoms. The van der Waals surface area contributed by atoms with Gasteiger partial charge in [0.05, 0.1) is 11.0 Å². The van der Waals surface area contributed by atoms with Crippen molar-refractivity contribution in [3.8, 4) is 5.69 Å². The molecule has 7 heteroatoms. The number of hydrogen-bond donors (Lipinski definition) is 2. The van der Waals surface area contributed by atoms with Crippen molar-refractivity contribution in [1.82, 2.24) is 14.9 Å². The van der Waals surface area contributed by atoms with Gasteiger partial charge in [-0.25, -0.2) is 4.98 Å². The second-order valence-corrected chi connectivity index (χ2v) is 6.60. The molecule has 4 rings (SSSR count). The van der Waals surface area contributed by atoms with E-state index in [1.54, 1.807) is 0 Å². The first kappa shape index (κ1) is 21.2. The minimum atomic E-state index is 0. The predicted octanol–water partition coefficient (Wildman–Crippen LogP) is 4.20. The number of para-hydroxylation sites is 2. The number of carbonyl (C=O) groups is 1. The van der Waals surface area contributed by atoms with E-state index in [1.165, 1.54) is 6.42 Å². The Morgan fingerprint density at radius 2 is 1.93 bits per heavy atom. The fourth-order valence-electron chi connectivity index (χ4n) is 3.39. The number of carbonyl (C=O) groups excluding carboxylic acids is 1. The highest BCUT2D eigenvalue weighted by Crippen LogP contribution is 2.20. The number of benzene rings is 2. The number of halogens is 2. The molecule has 2 heterocycles. The standard InChI is InChI=1S/C20H22N4O.2ClH/c25-20(10-5-15-11-12-21-13-15)23-16-6-8-17(9-7-16)24-14-22-18-3-1-2-4-19(18)24;;/h1-4,6-9,14-15,21H,5,10-13H2,(H,23,25);2*1H. The zero-order valence-electron chi connectivity index (χ0n) is 14.9. The molecule has 144 valence electrons. The summed E-state index contributed by atoms with van der Waals surface area (Å²) < 4.78 is 2.05. The molecule has 1 amide bonds. The minimum absolute atomic E-state index is 0. The van der Waals surface area contributed by atoms with E-state index in [2.05, 4.69) is 21.7 Å². The van der Waals surface area contributed by atoms with Crippen LogP contribution in [-0.4, -0.2) is 28.5 Å². The molecule has 1 aliphatic heterocycles. The van der Waals surface area contributed by atoms with Crippen LogP contribution < -0.4 is 10.6 Å². The fourth-order valence-corrected chi connectivity index (χ4v) is 3.39. The van der Waals surface area contributed by atoms with E-state index < -0.39 is 0 Å². The van der Waals surface area contributed by atoms with Crippen LogP contribution in [0.5, 0.6) is 0 Å². The quantitative estimate of drug-likeness (QED) is 0.667. The molecule has 27 heavy (non-hydrogen) atoms. The predicted molar refractivity (Wildman–Crippen MR) is 114 cm³/mol. The van der Waals surface area contributed by atoms with E-state index in [1.807, 2.05) is 53.4 Å². The average molecular weight is 407 g/mol. The van der Waals surface area contributed by atoms with Gasteiger partial charge in [-0.15, -0.1) is 24.8 Å². The number of amides is 1. The van der Waals surface area contributed by atoms with Crippen molar-refractivity contribution >= 4 is 47.4 Å². The molecule has 2 N–H and O–H groups in total. The third-order valence-electron chi connectivity index (χ3n) is 4.82. The van der Waals surface area contributed by atoms with E-state index in [4.69, 9.17) is 0 Å². The van der Waals surface area contributed by atoms with Gasteiger partial charge in [0.1, 0.15) is 6.33 Å². The molecule has 1 saturated heterocycles. The van der Waals surface area contributed by atoms with Crippen LogP contribution >= 0.6 is 24.8 Å². The van der Waals surface area contributed by atoms with Gasteiger partial charge in [-0.2, -0.15) is 0 Å². The highest BCUT2D eigenvalue weighted by atomic mass is 35.5. The summed E-state index contributed by atoms with van der Waals surface area (Å²) in [6.45, 7) is 2.12. The minimum Gasteiger partial charge on any atom is -0.326 e. The Balaban J connectivity index is 0.00000131. The van der Waals surface area contributed by atoms with Crippen molar-refractivity contribution in [2.75, 3.05) is 18.4 Å². The molecule has 1 atom stereocenters. The molecule has 0 bridgehead atoms. The lowest BCUT2D eigenvalue weighted by atomic mass is 10.0. The number of nitrogens with zero attached hydrogens (tertiary/aromatic N) is 2. The fraction of sp³-hybridized carbons (Fsp3) is 0.300. The molecule has 1 aliphatic rings. The summed E-state index contributed by atoms with van der Waals surface area (Å²) in [5.41, 5.74) is 3.91. The van der Waals surface area contributed by atoms with Crippen LogP contribution in [0.3, 0.4) is 0 Å². The first-order valence-electron chi connectivity index (χ1n) is 8.83. The Hall–Kier alpha value is -2.08. The van der Waals surface area contributed by atoms with Crippen molar-refractivity contribution in [3.05, 3.63) is 54.9 Å². The maximum atomic E-state index is 12.1. The zero-order valence-corrected chi connectivity index (χ0v) is 16.6. The van der Waals surface area contributed by atoms with Gasteiger partial charge in [-0.1, -0.05) is 12.1 Å². The van der Waals surface area contributed by atoms with Crippen molar-refractivity contribution in [1.29, 1.82) is 0 Å². The van der Waals surface area contributed by atoms with E-state index in [0.717, 1.165) is 41.9 Å². The molecular formula is C20H24Cl2N4O. The molecule has 0 saturated carbocycles. The molecule has 1 unspecified atom stereocenters. The van der Waals surface area contributed by atoms with Gasteiger partial charge in [0.15, 0.2) is 0 Å². The van der Waals surface area contributed by atoms with Gasteiger partial charge < -0.3 is 10.6 Å². The van der Waals surface area contributed by atoms with Gasteiger partial charge in [-0.05, 0) is 68.2 Å². The van der Waals surface area contributed by atoms with Gasteiger partial charge in [-0.3, -0.25) is 9.36 Å². The molecule has 0 aliphatic carbocycles. The average Bonchev–Trinajstić information content (AvgIpc) is 3.30. The zero-order chi connectivity index (χ0) is 17.1. The van der Waals surface area contributed by atoms with E-state index in [9.17, 15) is 4.79 Å². The normalized spacial score (nSPS) is 15.8. The highest BCUT2D eigenvalue weighted by molar-refractivity contribution is 5.90. The lowest BCUT2D eigenvalue weighted by Gasteiger charge is -2.10. The number of rotatable bonds is 5. The van der Waals surface area contributed by atoms with Crippen molar-refractivity contribution in [2.24, 2.45) is 5.92 Å². The monoisotopic (exact) mass is 406 g/mol. The van der Waals surface area contributed by atoms with Crippen molar-refractivity contribution in [3.63, 3.8) is 0 Å². The first-order chi connectivity index (χ1) is 12.3. The molecule has 1 aromatic heterocycles. The summed E-state index contributed by atoms with van der Waals surface area (Å²) >= 11 is 0. The number of hydrogen-bond acceptors (Lipinski definition) is 3. The lowest BCUT2D eigenvalue weighted by molar-refractivity contribution is -0.116. The summed E-state index contributed by atoms with van der Waals surface area (Å²) in [6.07, 6.45) is 4.55. The largest absolute Gasteiger partial charge is 0.326 e. The van der Waals surface area contributed by atoms with E-state index in [-0.39, 0.29) is 30.7 Å². The Bertz CT molecular complexity index is 873. The van der Waals surface area contributed by atoms with Gasteiger partial charge in [0.2, 0.25) is 5.91 Å². The van der Waals surface area contributed by atoms with E-state index in [0.29, 0.717) is 12.3 Å². The van der Waals surface area contributed by atoms with Crippen LogP contribution in [0.1, 0.15) is 19.3 Å². The summed E-state index contributed by atoms with van der Waals surface area (Å²) in [5.74, 6) is 0.732. The third kappa shape index (κ3) is 5.01. The summed E-state index contributed by atoms with van der Waals surface area (Å²) in [7, 11) is 0. The van der Waals surface area contributed by atoms with Crippen molar-refractivity contribution < 1.29 is 4.79 Å². The summed E-state index contributed by atoms with van der Waals surface area (Å²) in [4.78, 5) is 16.5. The van der Waals surface area contributed by atoms with Crippen LogP contribution in [0.2, 0.25) is 0 Å². The van der Waals surface area contributed by atoms with Crippen LogP contribution in [0, 0.1) is 5.92 Å². The molecule has 3 aromatic rings. The molecule has 0 radical (unpaired) electrons. The van der Waals surface area contributed by atoms with E-state index >= 15 is 0 Å². The SMILES string of the molecule is Cl.Cl.O=C(CCC1CCNC1)Nc1ccc(-n2cnc3ccccc32)cc1. The topological polar surface area (TPSA) is 59.0 Å². The second-order valence-electron chi connectivity index (χ2n) is 6.60. The smallest absolute Gasteiger partial charge is 0.224 e. The van der Waals surface area contributed by atoms with Crippen LogP contribution in [-0.2, 0) is 4.79 Å². The van der Waals surface area contributed by atoms with Crippen LogP contribution in [0.25, 0.3) is 16.7 Å². The van der Waals surface area contributed by atoms with Crippen LogP contribution in [0.15, 0.2) is 54.9 Å². The summed E-state index contributed by atoms with van der Waals surface area (Å²) in [6, 6.07) is 15.9. The number of fused-ring (bicyclic) bond motifs is 1. The van der Waals surface area contributed by atoms with Gasteiger partial charge in [0.25, 0.3) is 0 Å². The number of nitrogens with one attached hydrogen (secondary N) is 2.